The van der Waals surface area contributed by atoms with Crippen molar-refractivity contribution in [2.75, 3.05) is 13.7 Å². The van der Waals surface area contributed by atoms with Crippen molar-refractivity contribution >= 4 is 29.4 Å². The highest BCUT2D eigenvalue weighted by atomic mass is 16.5. The number of esters is 2. The van der Waals surface area contributed by atoms with Crippen LogP contribution in [-0.2, 0) is 39.9 Å². The van der Waals surface area contributed by atoms with Crippen molar-refractivity contribution in [2.45, 2.75) is 95.8 Å². The smallest absolute Gasteiger partial charge is 0.328 e. The number of fused-ring (bicyclic) bond motifs is 5. The van der Waals surface area contributed by atoms with Crippen LogP contribution in [0.4, 0.5) is 0 Å². The van der Waals surface area contributed by atoms with Crippen LogP contribution in [-0.4, -0.2) is 81.3 Å². The Morgan fingerprint density at radius 1 is 1.04 bits per heavy atom. The molecule has 4 aliphatic rings. The van der Waals surface area contributed by atoms with Crippen LogP contribution in [0.15, 0.2) is 29.8 Å². The van der Waals surface area contributed by atoms with Gasteiger partial charge >= 0.3 is 11.9 Å². The Hall–Kier alpha value is -3.77. The van der Waals surface area contributed by atoms with Crippen molar-refractivity contribution in [3.05, 3.63) is 35.4 Å². The zero-order chi connectivity index (χ0) is 34.3. The number of aliphatic hydroxyl groups is 2. The van der Waals surface area contributed by atoms with E-state index in [1.165, 1.54) is 18.2 Å². The van der Waals surface area contributed by atoms with Gasteiger partial charge in [0.05, 0.1) is 19.6 Å². The third kappa shape index (κ3) is 6.29. The molecule has 47 heavy (non-hydrogen) atoms. The standard InChI is InChI=1S/C35H45NO11/c1-33-12-10-21(37)16-20(33)5-6-22-23-11-13-35(45,34(23,2)17-27(40)31(22)33)28(41)18-47-30(43)9-8-29(42)36-24(32(44)46-3)14-19-4-7-25(38)26(39)15-19/h4,7,15-16,22-24,27,31,38-40,45H,5-6,8-14,17-18H2,1-3H3,(H,36,42)/t22-,23-,24+,27-,31+,33-,34-,35-/m0/s1. The van der Waals surface area contributed by atoms with Gasteiger partial charge < -0.3 is 35.2 Å². The average Bonchev–Trinajstić information content (AvgIpc) is 3.30. The molecule has 256 valence electrons. The zero-order valence-corrected chi connectivity index (χ0v) is 27.1. The third-order valence-electron chi connectivity index (χ3n) is 11.7. The number of phenols is 2. The number of carbonyl (C=O) groups is 5. The number of Topliss-reactive ketones (excluding diaryl/α,β-unsaturated/α-hetero) is 1. The number of methoxy groups -OCH3 is 1. The Morgan fingerprint density at radius 2 is 1.79 bits per heavy atom. The summed E-state index contributed by atoms with van der Waals surface area (Å²) in [7, 11) is 1.15. The molecule has 5 N–H and O–H groups in total. The number of hydrogen-bond donors (Lipinski definition) is 5. The van der Waals surface area contributed by atoms with E-state index in [0.717, 1.165) is 25.5 Å². The summed E-state index contributed by atoms with van der Waals surface area (Å²) in [6, 6.07) is 2.85. The lowest BCUT2D eigenvalue weighted by atomic mass is 9.45. The first-order chi connectivity index (χ1) is 22.1. The summed E-state index contributed by atoms with van der Waals surface area (Å²) in [6.07, 6.45) is 3.87. The lowest BCUT2D eigenvalue weighted by Gasteiger charge is -2.60. The van der Waals surface area contributed by atoms with Crippen LogP contribution in [0.3, 0.4) is 0 Å². The van der Waals surface area contributed by atoms with Crippen molar-refractivity contribution in [1.29, 1.82) is 0 Å². The number of amides is 1. The highest BCUT2D eigenvalue weighted by Crippen LogP contribution is 2.67. The SMILES string of the molecule is COC(=O)[C@@H](Cc1ccc(O)c(O)c1)NC(=O)CCC(=O)OCC(=O)[C@@]1(O)CC[C@H]2[C@@H]3CCC4=CC(=O)CC[C@]4(C)[C@H]3[C@@H](O)C[C@@]21C. The number of phenolic OH excluding ortho intramolecular Hbond substituents is 2. The molecule has 0 bridgehead atoms. The van der Waals surface area contributed by atoms with E-state index in [2.05, 4.69) is 12.2 Å². The highest BCUT2D eigenvalue weighted by Gasteiger charge is 2.68. The molecule has 5 rings (SSSR count). The molecule has 4 aliphatic carbocycles. The number of carbonyl (C=O) groups excluding carboxylic acids is 5. The zero-order valence-electron chi connectivity index (χ0n) is 27.1. The van der Waals surface area contributed by atoms with Crippen molar-refractivity contribution in [1.82, 2.24) is 5.32 Å². The van der Waals surface area contributed by atoms with Crippen LogP contribution in [0.5, 0.6) is 11.5 Å². The summed E-state index contributed by atoms with van der Waals surface area (Å²) in [5.74, 6) is -3.47. The summed E-state index contributed by atoms with van der Waals surface area (Å²) >= 11 is 0. The molecule has 0 unspecified atom stereocenters. The first kappa shape index (κ1) is 34.6. The number of allylic oxidation sites excluding steroid dienone is 1. The predicted molar refractivity (Wildman–Crippen MR) is 166 cm³/mol. The number of nitrogens with one attached hydrogen (secondary N) is 1. The molecule has 1 aromatic carbocycles. The molecule has 0 aliphatic heterocycles. The first-order valence-electron chi connectivity index (χ1n) is 16.3. The van der Waals surface area contributed by atoms with E-state index in [4.69, 9.17) is 9.47 Å². The normalized spacial score (nSPS) is 33.4. The Bertz CT molecular complexity index is 1490. The lowest BCUT2D eigenvalue weighted by Crippen LogP contribution is -2.62. The fourth-order valence-corrected chi connectivity index (χ4v) is 9.24. The number of benzene rings is 1. The molecule has 12 heteroatoms. The molecule has 0 aromatic heterocycles. The van der Waals surface area contributed by atoms with Gasteiger partial charge in [-0.3, -0.25) is 19.2 Å². The maximum Gasteiger partial charge on any atom is 0.328 e. The molecule has 0 saturated heterocycles. The maximum absolute atomic E-state index is 13.5. The Labute approximate surface area is 273 Å². The van der Waals surface area contributed by atoms with E-state index in [1.807, 2.05) is 6.92 Å². The van der Waals surface area contributed by atoms with Crippen LogP contribution >= 0.6 is 0 Å². The van der Waals surface area contributed by atoms with E-state index in [-0.39, 0.29) is 72.6 Å². The van der Waals surface area contributed by atoms with Crippen molar-refractivity contribution in [3.63, 3.8) is 0 Å². The van der Waals surface area contributed by atoms with E-state index in [9.17, 15) is 44.4 Å². The molecule has 3 saturated carbocycles. The summed E-state index contributed by atoms with van der Waals surface area (Å²) in [5.41, 5.74) is -1.47. The molecule has 1 aromatic rings. The quantitative estimate of drug-likeness (QED) is 0.183. The number of ether oxygens (including phenoxy) is 2. The minimum Gasteiger partial charge on any atom is -0.504 e. The second-order valence-electron chi connectivity index (χ2n) is 14.2. The summed E-state index contributed by atoms with van der Waals surface area (Å²) in [5, 5.41) is 45.1. The summed E-state index contributed by atoms with van der Waals surface area (Å²) < 4.78 is 9.96. The van der Waals surface area contributed by atoms with E-state index in [1.54, 1.807) is 6.08 Å². The van der Waals surface area contributed by atoms with Gasteiger partial charge in [0.25, 0.3) is 0 Å². The van der Waals surface area contributed by atoms with Crippen LogP contribution < -0.4 is 5.32 Å². The van der Waals surface area contributed by atoms with Gasteiger partial charge in [0.1, 0.15) is 11.6 Å². The van der Waals surface area contributed by atoms with Gasteiger partial charge in [-0.25, -0.2) is 4.79 Å². The van der Waals surface area contributed by atoms with Crippen molar-refractivity contribution in [3.8, 4) is 11.5 Å². The van der Waals surface area contributed by atoms with Crippen molar-refractivity contribution in [2.24, 2.45) is 28.6 Å². The third-order valence-corrected chi connectivity index (χ3v) is 11.7. The van der Waals surface area contributed by atoms with Gasteiger partial charge in [0.15, 0.2) is 23.9 Å². The molecule has 0 radical (unpaired) electrons. The van der Waals surface area contributed by atoms with Crippen LogP contribution in [0.1, 0.15) is 77.2 Å². The predicted octanol–water partition coefficient (Wildman–Crippen LogP) is 2.42. The topological polar surface area (TPSA) is 197 Å². The Kier molecular flexibility index (Phi) is 9.58. The van der Waals surface area contributed by atoms with Gasteiger partial charge in [-0.1, -0.05) is 25.5 Å². The minimum absolute atomic E-state index is 0.0199. The number of aromatic hydroxyl groups is 2. The summed E-state index contributed by atoms with van der Waals surface area (Å²) in [4.78, 5) is 63.1. The monoisotopic (exact) mass is 655 g/mol. The number of rotatable bonds is 10. The largest absolute Gasteiger partial charge is 0.504 e. The molecule has 0 heterocycles. The van der Waals surface area contributed by atoms with Gasteiger partial charge in [-0.2, -0.15) is 0 Å². The van der Waals surface area contributed by atoms with Crippen LogP contribution in [0, 0.1) is 28.6 Å². The number of ketones is 2. The minimum atomic E-state index is -1.79. The number of hydrogen-bond acceptors (Lipinski definition) is 11. The van der Waals surface area contributed by atoms with Crippen molar-refractivity contribution < 1.29 is 53.9 Å². The van der Waals surface area contributed by atoms with Gasteiger partial charge in [-0.15, -0.1) is 0 Å². The molecule has 1 amide bonds. The molecule has 8 atom stereocenters. The lowest BCUT2D eigenvalue weighted by molar-refractivity contribution is -0.184. The second kappa shape index (κ2) is 13.0. The second-order valence-corrected chi connectivity index (χ2v) is 14.2. The van der Waals surface area contributed by atoms with E-state index in [0.29, 0.717) is 24.8 Å². The first-order valence-corrected chi connectivity index (χ1v) is 16.3. The van der Waals surface area contributed by atoms with Gasteiger partial charge in [0, 0.05) is 24.7 Å². The van der Waals surface area contributed by atoms with E-state index < -0.39 is 53.4 Å². The maximum atomic E-state index is 13.5. The fourth-order valence-electron chi connectivity index (χ4n) is 9.24. The molecular formula is C35H45NO11. The Morgan fingerprint density at radius 3 is 2.49 bits per heavy atom. The molecule has 0 spiro atoms. The fraction of sp³-hybridized carbons (Fsp3) is 0.629. The summed E-state index contributed by atoms with van der Waals surface area (Å²) in [6.45, 7) is 3.31. The molecule has 3 fully saturated rings. The van der Waals surface area contributed by atoms with Gasteiger partial charge in [-0.05, 0) is 85.5 Å². The highest BCUT2D eigenvalue weighted by molar-refractivity contribution is 5.92. The Balaban J connectivity index is 1.16. The number of aliphatic hydroxyl groups excluding tert-OH is 1. The molecule has 12 nitrogen and oxygen atoms in total. The van der Waals surface area contributed by atoms with Crippen LogP contribution in [0.25, 0.3) is 0 Å². The average molecular weight is 656 g/mol. The van der Waals surface area contributed by atoms with Gasteiger partial charge in [0.2, 0.25) is 11.7 Å². The van der Waals surface area contributed by atoms with E-state index >= 15 is 0 Å². The molecular weight excluding hydrogens is 610 g/mol. The van der Waals surface area contributed by atoms with Crippen LogP contribution in [0.2, 0.25) is 0 Å².